The highest BCUT2D eigenvalue weighted by Crippen LogP contribution is 2.21. The maximum absolute atomic E-state index is 2.63. The molecule has 0 radical (unpaired) electrons. The summed E-state index contributed by atoms with van der Waals surface area (Å²) in [5, 5.41) is 0. The van der Waals surface area contributed by atoms with Crippen molar-refractivity contribution >= 4 is 30.5 Å². The first-order chi connectivity index (χ1) is 11.3. The Morgan fingerprint density at radius 1 is 0.880 bits per heavy atom. The highest BCUT2D eigenvalue weighted by molar-refractivity contribution is 5.85. The van der Waals surface area contributed by atoms with Gasteiger partial charge in [-0.1, -0.05) is 48.5 Å². The van der Waals surface area contributed by atoms with Crippen LogP contribution in [0.1, 0.15) is 18.4 Å². The zero-order chi connectivity index (χ0) is 15.9. The molecule has 1 saturated heterocycles. The molecule has 0 amide bonds. The van der Waals surface area contributed by atoms with Crippen LogP contribution in [0.3, 0.4) is 0 Å². The van der Waals surface area contributed by atoms with Gasteiger partial charge in [-0.15, -0.1) is 24.8 Å². The minimum absolute atomic E-state index is 0. The van der Waals surface area contributed by atoms with Crippen molar-refractivity contribution < 1.29 is 0 Å². The maximum Gasteiger partial charge on any atom is 0.0364 e. The third-order valence-electron chi connectivity index (χ3n) is 5.02. The largest absolute Gasteiger partial charge is 0.373 e. The van der Waals surface area contributed by atoms with Gasteiger partial charge < -0.3 is 9.80 Å². The Morgan fingerprint density at radius 2 is 1.44 bits per heavy atom. The van der Waals surface area contributed by atoms with Crippen LogP contribution in [-0.4, -0.2) is 38.1 Å². The predicted octanol–water partition coefficient (Wildman–Crippen LogP) is 4.92. The lowest BCUT2D eigenvalue weighted by Crippen LogP contribution is -2.39. The summed E-state index contributed by atoms with van der Waals surface area (Å²) in [7, 11) is 2.19. The lowest BCUT2D eigenvalue weighted by atomic mass is 9.90. The fraction of sp³-hybridized carbons (Fsp3) is 0.429. The van der Waals surface area contributed by atoms with Gasteiger partial charge in [-0.25, -0.2) is 0 Å². The molecule has 0 unspecified atom stereocenters. The number of para-hydroxylation sites is 1. The molecule has 1 fully saturated rings. The average molecular weight is 381 g/mol. The van der Waals surface area contributed by atoms with Crippen molar-refractivity contribution in [1.82, 2.24) is 4.90 Å². The third kappa shape index (κ3) is 6.89. The molecule has 2 aromatic rings. The summed E-state index contributed by atoms with van der Waals surface area (Å²) in [5.74, 6) is 0.862. The minimum atomic E-state index is 0. The lowest BCUT2D eigenvalue weighted by Gasteiger charge is -2.33. The van der Waals surface area contributed by atoms with E-state index in [-0.39, 0.29) is 24.8 Å². The van der Waals surface area contributed by atoms with E-state index in [1.54, 1.807) is 0 Å². The van der Waals surface area contributed by atoms with Crippen molar-refractivity contribution in [3.63, 3.8) is 0 Å². The molecule has 4 heteroatoms. The Bertz CT molecular complexity index is 569. The van der Waals surface area contributed by atoms with Crippen molar-refractivity contribution in [3.8, 4) is 0 Å². The minimum Gasteiger partial charge on any atom is -0.373 e. The number of halogens is 2. The molecule has 1 aliphatic rings. The normalized spacial score (nSPS) is 15.1. The fourth-order valence-corrected chi connectivity index (χ4v) is 3.46. The van der Waals surface area contributed by atoms with E-state index in [1.165, 1.54) is 50.1 Å². The average Bonchev–Trinajstić information content (AvgIpc) is 2.62. The highest BCUT2D eigenvalue weighted by atomic mass is 35.5. The molecule has 0 atom stereocenters. The van der Waals surface area contributed by atoms with E-state index in [9.17, 15) is 0 Å². The summed E-state index contributed by atoms with van der Waals surface area (Å²) < 4.78 is 0. The molecule has 0 N–H and O–H groups in total. The van der Waals surface area contributed by atoms with Crippen molar-refractivity contribution in [3.05, 3.63) is 66.2 Å². The quantitative estimate of drug-likeness (QED) is 0.701. The van der Waals surface area contributed by atoms with Crippen LogP contribution in [-0.2, 0) is 6.42 Å². The second-order valence-electron chi connectivity index (χ2n) is 6.73. The van der Waals surface area contributed by atoms with E-state index >= 15 is 0 Å². The Hall–Kier alpha value is -1.22. The molecule has 0 saturated carbocycles. The maximum atomic E-state index is 2.63. The van der Waals surface area contributed by atoms with Crippen molar-refractivity contribution in [2.75, 3.05) is 38.1 Å². The first kappa shape index (κ1) is 21.8. The molecule has 3 rings (SSSR count). The van der Waals surface area contributed by atoms with Gasteiger partial charge in [-0.05, 0) is 56.0 Å². The number of rotatable bonds is 6. The zero-order valence-corrected chi connectivity index (χ0v) is 16.6. The Kier molecular flexibility index (Phi) is 9.96. The molecule has 1 aliphatic heterocycles. The first-order valence-corrected chi connectivity index (χ1v) is 8.84. The van der Waals surface area contributed by atoms with Crippen LogP contribution in [0.2, 0.25) is 0 Å². The van der Waals surface area contributed by atoms with Crippen LogP contribution in [0.15, 0.2) is 60.7 Å². The van der Waals surface area contributed by atoms with Crippen LogP contribution in [0.25, 0.3) is 0 Å². The number of likely N-dealkylation sites (N-methyl/N-ethyl adjacent to an activating group) is 1. The van der Waals surface area contributed by atoms with Crippen LogP contribution in [0, 0.1) is 5.92 Å². The Labute approximate surface area is 165 Å². The summed E-state index contributed by atoms with van der Waals surface area (Å²) in [6.45, 7) is 4.77. The Morgan fingerprint density at radius 3 is 2.04 bits per heavy atom. The first-order valence-electron chi connectivity index (χ1n) is 8.84. The third-order valence-corrected chi connectivity index (χ3v) is 5.02. The topological polar surface area (TPSA) is 6.48 Å². The molecular weight excluding hydrogens is 351 g/mol. The molecule has 25 heavy (non-hydrogen) atoms. The Balaban J connectivity index is 0.00000156. The summed E-state index contributed by atoms with van der Waals surface area (Å²) in [4.78, 5) is 4.98. The molecule has 1 heterocycles. The zero-order valence-electron chi connectivity index (χ0n) is 15.0. The second kappa shape index (κ2) is 11.4. The van der Waals surface area contributed by atoms with Crippen molar-refractivity contribution in [2.45, 2.75) is 19.3 Å². The second-order valence-corrected chi connectivity index (χ2v) is 6.73. The molecule has 138 valence electrons. The number of hydrogen-bond donors (Lipinski definition) is 0. The van der Waals surface area contributed by atoms with E-state index in [2.05, 4.69) is 77.5 Å². The number of likely N-dealkylation sites (tertiary alicyclic amines) is 1. The van der Waals surface area contributed by atoms with Gasteiger partial charge in [0.25, 0.3) is 0 Å². The van der Waals surface area contributed by atoms with Crippen LogP contribution >= 0.6 is 24.8 Å². The monoisotopic (exact) mass is 380 g/mol. The molecule has 0 bridgehead atoms. The number of benzene rings is 2. The van der Waals surface area contributed by atoms with Crippen LogP contribution < -0.4 is 4.90 Å². The molecule has 0 aromatic heterocycles. The van der Waals surface area contributed by atoms with Gasteiger partial charge in [-0.2, -0.15) is 0 Å². The van der Waals surface area contributed by atoms with E-state index in [0.717, 1.165) is 12.5 Å². The van der Waals surface area contributed by atoms with Crippen LogP contribution in [0.5, 0.6) is 0 Å². The smallest absolute Gasteiger partial charge is 0.0364 e. The van der Waals surface area contributed by atoms with Gasteiger partial charge >= 0.3 is 0 Å². The van der Waals surface area contributed by atoms with E-state index in [0.29, 0.717) is 0 Å². The molecule has 0 aliphatic carbocycles. The highest BCUT2D eigenvalue weighted by Gasteiger charge is 2.19. The van der Waals surface area contributed by atoms with Gasteiger partial charge in [0.2, 0.25) is 0 Å². The summed E-state index contributed by atoms with van der Waals surface area (Å²) in [6, 6.07) is 21.6. The molecule has 2 nitrogen and oxygen atoms in total. The number of hydrogen-bond acceptors (Lipinski definition) is 2. The van der Waals surface area contributed by atoms with Gasteiger partial charge in [0, 0.05) is 25.8 Å². The van der Waals surface area contributed by atoms with E-state index in [1.807, 2.05) is 0 Å². The van der Waals surface area contributed by atoms with Crippen LogP contribution in [0.4, 0.5) is 5.69 Å². The summed E-state index contributed by atoms with van der Waals surface area (Å²) in [5.41, 5.74) is 2.81. The number of piperidine rings is 1. The number of anilines is 1. The van der Waals surface area contributed by atoms with Gasteiger partial charge in [-0.3, -0.25) is 0 Å². The predicted molar refractivity (Wildman–Crippen MR) is 114 cm³/mol. The van der Waals surface area contributed by atoms with Crippen molar-refractivity contribution in [1.29, 1.82) is 0 Å². The standard InChI is InChI=1S/C21H28N2.2ClH/c1-22(21-10-6-3-7-11-21)16-17-23-14-12-20(13-15-23)18-19-8-4-2-5-9-19;;/h2-11,20H,12-18H2,1H3;2*1H. The fourth-order valence-electron chi connectivity index (χ4n) is 3.46. The molecule has 0 spiro atoms. The van der Waals surface area contributed by atoms with E-state index < -0.39 is 0 Å². The lowest BCUT2D eigenvalue weighted by molar-refractivity contribution is 0.188. The molecule has 2 aromatic carbocycles. The number of nitrogens with zero attached hydrogens (tertiary/aromatic N) is 2. The van der Waals surface area contributed by atoms with Crippen molar-refractivity contribution in [2.24, 2.45) is 5.92 Å². The summed E-state index contributed by atoms with van der Waals surface area (Å²) in [6.07, 6.45) is 3.92. The summed E-state index contributed by atoms with van der Waals surface area (Å²) >= 11 is 0. The van der Waals surface area contributed by atoms with Gasteiger partial charge in [0.15, 0.2) is 0 Å². The van der Waals surface area contributed by atoms with Gasteiger partial charge in [0.05, 0.1) is 0 Å². The van der Waals surface area contributed by atoms with Gasteiger partial charge in [0.1, 0.15) is 0 Å². The molecular formula is C21H30Cl2N2. The van der Waals surface area contributed by atoms with E-state index in [4.69, 9.17) is 0 Å². The SMILES string of the molecule is CN(CCN1CCC(Cc2ccccc2)CC1)c1ccccc1.Cl.Cl.